The van der Waals surface area contributed by atoms with E-state index in [1.54, 1.807) is 4.90 Å². The third kappa shape index (κ3) is 4.60. The van der Waals surface area contributed by atoms with Gasteiger partial charge >= 0.3 is 0 Å². The Bertz CT molecular complexity index is 1350. The number of likely N-dealkylation sites (tertiary alicyclic amines) is 1. The molecule has 5 rings (SSSR count). The lowest BCUT2D eigenvalue weighted by Crippen LogP contribution is -2.42. The number of aryl methyl sites for hydroxylation is 2. The molecule has 2 saturated heterocycles. The van der Waals surface area contributed by atoms with Gasteiger partial charge in [-0.2, -0.15) is 0 Å². The Balaban J connectivity index is 1.59. The maximum atomic E-state index is 13.4. The van der Waals surface area contributed by atoms with Crippen LogP contribution >= 0.6 is 0 Å². The number of ether oxygens (including phenoxy) is 2. The molecule has 1 aromatic carbocycles. The van der Waals surface area contributed by atoms with Gasteiger partial charge in [-0.05, 0) is 50.1 Å². The van der Waals surface area contributed by atoms with Crippen LogP contribution in [0, 0.1) is 13.8 Å². The fraction of sp³-hybridized carbons (Fsp3) is 0.393. The van der Waals surface area contributed by atoms with E-state index >= 15 is 0 Å². The van der Waals surface area contributed by atoms with Gasteiger partial charge in [0.1, 0.15) is 17.1 Å². The average Bonchev–Trinajstić information content (AvgIpc) is 3.38. The molecule has 2 aliphatic rings. The summed E-state index contributed by atoms with van der Waals surface area (Å²) < 4.78 is 12.9. The zero-order chi connectivity index (χ0) is 26.1. The first-order chi connectivity index (χ1) is 17.9. The summed E-state index contributed by atoms with van der Waals surface area (Å²) in [4.78, 5) is 35.2. The van der Waals surface area contributed by atoms with Crippen molar-refractivity contribution in [1.82, 2.24) is 19.2 Å². The number of amides is 1. The normalized spacial score (nSPS) is 20.2. The minimum absolute atomic E-state index is 0.0558. The summed E-state index contributed by atoms with van der Waals surface area (Å²) in [6.45, 7) is 10.0. The number of rotatable bonds is 7. The second-order valence-electron chi connectivity index (χ2n) is 9.38. The Morgan fingerprint density at radius 1 is 1.11 bits per heavy atom. The molecule has 0 spiro atoms. The summed E-state index contributed by atoms with van der Waals surface area (Å²) in [5.41, 5.74) is 3.42. The van der Waals surface area contributed by atoms with E-state index in [-0.39, 0.29) is 11.3 Å². The molecular formula is C28H32N4O5. The van der Waals surface area contributed by atoms with Gasteiger partial charge in [0, 0.05) is 32.4 Å². The monoisotopic (exact) mass is 504 g/mol. The SMILES string of the molecule is CCOc1ccc(C2/C(=C(\O)c3nc4c(C)cccn4c3C)C(=O)C(=O)N2CCN2CCOCC2)cc1. The van der Waals surface area contributed by atoms with Crippen molar-refractivity contribution < 1.29 is 24.2 Å². The summed E-state index contributed by atoms with van der Waals surface area (Å²) in [5.74, 6) is -0.882. The number of morpholine rings is 1. The minimum Gasteiger partial charge on any atom is -0.505 e. The van der Waals surface area contributed by atoms with Gasteiger partial charge in [0.15, 0.2) is 5.76 Å². The van der Waals surface area contributed by atoms with E-state index in [1.165, 1.54) is 0 Å². The van der Waals surface area contributed by atoms with Crippen LogP contribution in [0.3, 0.4) is 0 Å². The first kappa shape index (κ1) is 25.0. The topological polar surface area (TPSA) is 96.6 Å². The molecule has 2 aromatic heterocycles. The smallest absolute Gasteiger partial charge is 0.295 e. The van der Waals surface area contributed by atoms with E-state index in [1.807, 2.05) is 67.8 Å². The van der Waals surface area contributed by atoms with Crippen LogP contribution in [0.25, 0.3) is 11.4 Å². The number of carbonyl (C=O) groups is 2. The molecule has 0 aliphatic carbocycles. The average molecular weight is 505 g/mol. The Morgan fingerprint density at radius 2 is 1.84 bits per heavy atom. The first-order valence-corrected chi connectivity index (χ1v) is 12.7. The number of aliphatic hydroxyl groups is 1. The Kier molecular flexibility index (Phi) is 6.99. The van der Waals surface area contributed by atoms with Crippen LogP contribution in [0.5, 0.6) is 5.75 Å². The second-order valence-corrected chi connectivity index (χ2v) is 9.38. The van der Waals surface area contributed by atoms with E-state index in [2.05, 4.69) is 9.88 Å². The number of fused-ring (bicyclic) bond motifs is 1. The standard InChI is InChI=1S/C28H32N4O5/c1-4-37-21-9-7-20(8-10-21)24-22(25(33)23-19(3)31-11-5-6-18(2)27(31)29-23)26(34)28(35)32(24)13-12-30-14-16-36-17-15-30/h5-11,24,33H,4,12-17H2,1-3H3/b25-22+. The second kappa shape index (κ2) is 10.4. The molecule has 37 heavy (non-hydrogen) atoms. The Labute approximate surface area is 215 Å². The van der Waals surface area contributed by atoms with Gasteiger partial charge in [-0.25, -0.2) is 4.98 Å². The highest BCUT2D eigenvalue weighted by atomic mass is 16.5. The molecule has 1 amide bonds. The van der Waals surface area contributed by atoms with Crippen LogP contribution in [0.2, 0.25) is 0 Å². The number of hydrogen-bond donors (Lipinski definition) is 1. The predicted octanol–water partition coefficient (Wildman–Crippen LogP) is 3.10. The maximum Gasteiger partial charge on any atom is 0.295 e. The molecule has 0 saturated carbocycles. The molecule has 1 unspecified atom stereocenters. The summed E-state index contributed by atoms with van der Waals surface area (Å²) in [5, 5.41) is 11.5. The molecule has 4 heterocycles. The van der Waals surface area contributed by atoms with Crippen molar-refractivity contribution in [3.63, 3.8) is 0 Å². The van der Waals surface area contributed by atoms with Gasteiger partial charge in [-0.3, -0.25) is 14.5 Å². The third-order valence-corrected chi connectivity index (χ3v) is 7.12. The highest BCUT2D eigenvalue weighted by molar-refractivity contribution is 6.46. The number of ketones is 1. The lowest BCUT2D eigenvalue weighted by molar-refractivity contribution is -0.140. The molecular weight excluding hydrogens is 472 g/mol. The highest BCUT2D eigenvalue weighted by Gasteiger charge is 2.46. The zero-order valence-corrected chi connectivity index (χ0v) is 21.4. The number of nitrogens with zero attached hydrogens (tertiary/aromatic N) is 4. The summed E-state index contributed by atoms with van der Waals surface area (Å²) >= 11 is 0. The molecule has 0 bridgehead atoms. The number of aromatic nitrogens is 2. The predicted molar refractivity (Wildman–Crippen MR) is 139 cm³/mol. The fourth-order valence-corrected chi connectivity index (χ4v) is 5.12. The van der Waals surface area contributed by atoms with E-state index < -0.39 is 17.7 Å². The van der Waals surface area contributed by atoms with E-state index in [9.17, 15) is 14.7 Å². The molecule has 1 N–H and O–H groups in total. The van der Waals surface area contributed by atoms with Gasteiger partial charge < -0.3 is 23.9 Å². The van der Waals surface area contributed by atoms with Crippen LogP contribution in [-0.4, -0.2) is 82.0 Å². The van der Waals surface area contributed by atoms with Crippen molar-refractivity contribution >= 4 is 23.1 Å². The van der Waals surface area contributed by atoms with E-state index in [4.69, 9.17) is 9.47 Å². The van der Waals surface area contributed by atoms with Crippen molar-refractivity contribution in [1.29, 1.82) is 0 Å². The van der Waals surface area contributed by atoms with Gasteiger partial charge in [0.2, 0.25) is 0 Å². The number of aliphatic hydroxyl groups excluding tert-OH is 1. The van der Waals surface area contributed by atoms with Crippen LogP contribution in [-0.2, 0) is 14.3 Å². The molecule has 9 nitrogen and oxygen atoms in total. The zero-order valence-electron chi connectivity index (χ0n) is 21.4. The van der Waals surface area contributed by atoms with Crippen LogP contribution in [0.4, 0.5) is 0 Å². The highest BCUT2D eigenvalue weighted by Crippen LogP contribution is 2.40. The molecule has 194 valence electrons. The molecule has 2 aliphatic heterocycles. The number of imidazole rings is 1. The lowest BCUT2D eigenvalue weighted by Gasteiger charge is -2.31. The maximum absolute atomic E-state index is 13.4. The summed E-state index contributed by atoms with van der Waals surface area (Å²) in [7, 11) is 0. The van der Waals surface area contributed by atoms with Crippen molar-refractivity contribution in [2.24, 2.45) is 0 Å². The van der Waals surface area contributed by atoms with E-state index in [0.29, 0.717) is 55.7 Å². The Morgan fingerprint density at radius 3 is 2.51 bits per heavy atom. The number of Topliss-reactive ketones (excluding diaryl/α,β-unsaturated/α-hetero) is 1. The number of hydrogen-bond acceptors (Lipinski definition) is 7. The minimum atomic E-state index is -0.734. The van der Waals surface area contributed by atoms with Gasteiger partial charge in [-0.1, -0.05) is 18.2 Å². The number of pyridine rings is 1. The third-order valence-electron chi connectivity index (χ3n) is 7.12. The summed E-state index contributed by atoms with van der Waals surface area (Å²) in [6.07, 6.45) is 1.87. The summed E-state index contributed by atoms with van der Waals surface area (Å²) in [6, 6.07) is 10.4. The molecule has 9 heteroatoms. The molecule has 1 atom stereocenters. The van der Waals surface area contributed by atoms with Gasteiger partial charge in [-0.15, -0.1) is 0 Å². The van der Waals surface area contributed by atoms with Crippen LogP contribution in [0.1, 0.15) is 35.5 Å². The largest absolute Gasteiger partial charge is 0.505 e. The van der Waals surface area contributed by atoms with Gasteiger partial charge in [0.25, 0.3) is 11.7 Å². The quantitative estimate of drug-likeness (QED) is 0.300. The first-order valence-electron chi connectivity index (χ1n) is 12.7. The van der Waals surface area contributed by atoms with Crippen LogP contribution < -0.4 is 4.74 Å². The molecule has 0 radical (unpaired) electrons. The number of benzene rings is 1. The molecule has 3 aromatic rings. The Hall–Kier alpha value is -3.69. The number of carbonyl (C=O) groups excluding carboxylic acids is 2. The van der Waals surface area contributed by atoms with Crippen molar-refractivity contribution in [3.8, 4) is 5.75 Å². The molecule has 2 fully saturated rings. The van der Waals surface area contributed by atoms with Crippen molar-refractivity contribution in [2.45, 2.75) is 26.8 Å². The van der Waals surface area contributed by atoms with Crippen molar-refractivity contribution in [3.05, 3.63) is 70.7 Å². The fourth-order valence-electron chi connectivity index (χ4n) is 5.12. The van der Waals surface area contributed by atoms with E-state index in [0.717, 1.165) is 24.2 Å². The van der Waals surface area contributed by atoms with Crippen molar-refractivity contribution in [2.75, 3.05) is 46.0 Å². The van der Waals surface area contributed by atoms with Gasteiger partial charge in [0.05, 0.1) is 37.1 Å². The lowest BCUT2D eigenvalue weighted by atomic mass is 9.96. The van der Waals surface area contributed by atoms with Crippen LogP contribution in [0.15, 0.2) is 48.2 Å².